The number of nitrogens with one attached hydrogen (secondary N) is 1. The maximum absolute atomic E-state index is 12.7. The van der Waals surface area contributed by atoms with E-state index in [4.69, 9.17) is 14.2 Å². The zero-order valence-electron chi connectivity index (χ0n) is 15.5. The number of benzene rings is 2. The molecule has 2 aromatic carbocycles. The van der Waals surface area contributed by atoms with Crippen LogP contribution in [0.3, 0.4) is 0 Å². The number of aromatic nitrogens is 2. The Hall–Kier alpha value is -3.81. The minimum atomic E-state index is -0.667. The van der Waals surface area contributed by atoms with Crippen molar-refractivity contribution in [1.82, 2.24) is 9.66 Å². The van der Waals surface area contributed by atoms with E-state index in [0.717, 1.165) is 4.68 Å². The highest BCUT2D eigenvalue weighted by atomic mass is 16.5. The molecule has 0 saturated heterocycles. The number of fused-ring (bicyclic) bond motifs is 1. The molecule has 0 aliphatic carbocycles. The van der Waals surface area contributed by atoms with Gasteiger partial charge in [0, 0.05) is 6.07 Å². The predicted molar refractivity (Wildman–Crippen MR) is 107 cm³/mol. The van der Waals surface area contributed by atoms with Gasteiger partial charge in [0.1, 0.15) is 12.4 Å². The van der Waals surface area contributed by atoms with Gasteiger partial charge in [-0.3, -0.25) is 4.79 Å². The first-order valence-electron chi connectivity index (χ1n) is 8.36. The van der Waals surface area contributed by atoms with Crippen molar-refractivity contribution in [3.63, 3.8) is 0 Å². The van der Waals surface area contributed by atoms with Gasteiger partial charge in [0.15, 0.2) is 11.5 Å². The molecule has 3 aromatic rings. The molecule has 28 heavy (non-hydrogen) atoms. The highest BCUT2D eigenvalue weighted by molar-refractivity contribution is 5.82. The summed E-state index contributed by atoms with van der Waals surface area (Å²) in [7, 11) is 2.94. The summed E-state index contributed by atoms with van der Waals surface area (Å²) < 4.78 is 16.6. The van der Waals surface area contributed by atoms with Gasteiger partial charge in [-0.25, -0.2) is 4.79 Å². The quantitative estimate of drug-likeness (QED) is 0.500. The van der Waals surface area contributed by atoms with E-state index < -0.39 is 11.2 Å². The van der Waals surface area contributed by atoms with E-state index in [9.17, 15) is 9.59 Å². The van der Waals surface area contributed by atoms with Crippen LogP contribution >= 0.6 is 0 Å². The van der Waals surface area contributed by atoms with E-state index in [0.29, 0.717) is 34.9 Å². The van der Waals surface area contributed by atoms with Gasteiger partial charge in [0.25, 0.3) is 5.56 Å². The van der Waals surface area contributed by atoms with E-state index in [1.165, 1.54) is 32.6 Å². The van der Waals surface area contributed by atoms with Crippen LogP contribution < -0.4 is 25.5 Å². The fourth-order valence-electron chi connectivity index (χ4n) is 2.60. The minimum Gasteiger partial charge on any atom is -0.493 e. The molecule has 0 unspecified atom stereocenters. The van der Waals surface area contributed by atoms with Crippen LogP contribution in [-0.2, 0) is 0 Å². The average Bonchev–Trinajstić information content (AvgIpc) is 2.71. The van der Waals surface area contributed by atoms with E-state index >= 15 is 0 Å². The first-order chi connectivity index (χ1) is 13.6. The highest BCUT2D eigenvalue weighted by Gasteiger charge is 2.12. The summed E-state index contributed by atoms with van der Waals surface area (Å²) in [6.07, 6.45) is 3.04. The van der Waals surface area contributed by atoms with Gasteiger partial charge in [-0.05, 0) is 23.8 Å². The second-order valence-corrected chi connectivity index (χ2v) is 5.72. The molecule has 0 radical (unpaired) electrons. The summed E-state index contributed by atoms with van der Waals surface area (Å²) in [5, 5.41) is 4.28. The number of methoxy groups -OCH3 is 2. The first kappa shape index (κ1) is 19.0. The van der Waals surface area contributed by atoms with Crippen molar-refractivity contribution >= 4 is 17.1 Å². The Bertz CT molecular complexity index is 1160. The molecule has 1 heterocycles. The minimum absolute atomic E-state index is 0.248. The molecule has 144 valence electrons. The van der Waals surface area contributed by atoms with Crippen LogP contribution in [0.5, 0.6) is 17.2 Å². The lowest BCUT2D eigenvalue weighted by Gasteiger charge is -2.09. The molecule has 0 aliphatic rings. The maximum atomic E-state index is 12.7. The van der Waals surface area contributed by atoms with Gasteiger partial charge in [0.2, 0.25) is 0 Å². The van der Waals surface area contributed by atoms with Crippen LogP contribution in [0.25, 0.3) is 10.9 Å². The fraction of sp³-hybridized carbons (Fsp3) is 0.150. The molecule has 3 rings (SSSR count). The van der Waals surface area contributed by atoms with Crippen molar-refractivity contribution in [2.45, 2.75) is 0 Å². The summed E-state index contributed by atoms with van der Waals surface area (Å²) in [4.78, 5) is 27.7. The number of aromatic amines is 1. The molecule has 1 aromatic heterocycles. The summed E-state index contributed by atoms with van der Waals surface area (Å²) in [5.74, 6) is 1.41. The number of hydrogen-bond acceptors (Lipinski definition) is 6. The second-order valence-electron chi connectivity index (χ2n) is 5.72. The lowest BCUT2D eigenvalue weighted by Crippen LogP contribution is -2.32. The van der Waals surface area contributed by atoms with Gasteiger partial charge in [-0.1, -0.05) is 24.8 Å². The van der Waals surface area contributed by atoms with Crippen LogP contribution in [0.2, 0.25) is 0 Å². The van der Waals surface area contributed by atoms with Crippen LogP contribution in [0.15, 0.2) is 63.7 Å². The zero-order chi connectivity index (χ0) is 20.1. The number of hydrogen-bond donors (Lipinski definition) is 1. The number of rotatable bonds is 7. The molecule has 1 N–H and O–H groups in total. The van der Waals surface area contributed by atoms with E-state index in [1.54, 1.807) is 30.3 Å². The van der Waals surface area contributed by atoms with E-state index in [1.807, 2.05) is 0 Å². The van der Waals surface area contributed by atoms with Gasteiger partial charge in [-0.2, -0.15) is 5.10 Å². The lowest BCUT2D eigenvalue weighted by atomic mass is 10.2. The SMILES string of the molecule is C=CCOc1cccc(/C=N/n2c(=O)[nH]c3cc(OC)c(OC)cc3c2=O)c1. The molecular formula is C20H19N3O5. The topological polar surface area (TPSA) is 94.9 Å². The lowest BCUT2D eigenvalue weighted by molar-refractivity contribution is 0.355. The predicted octanol–water partition coefficient (Wildman–Crippen LogP) is 2.15. The molecule has 0 aliphatic heterocycles. The summed E-state index contributed by atoms with van der Waals surface area (Å²) in [6, 6.07) is 10.1. The fourth-order valence-corrected chi connectivity index (χ4v) is 2.60. The smallest absolute Gasteiger partial charge is 0.349 e. The van der Waals surface area contributed by atoms with Crippen molar-refractivity contribution < 1.29 is 14.2 Å². The van der Waals surface area contributed by atoms with Crippen molar-refractivity contribution in [2.24, 2.45) is 5.10 Å². The highest BCUT2D eigenvalue weighted by Crippen LogP contribution is 2.29. The second kappa shape index (κ2) is 8.26. The molecule has 0 atom stereocenters. The summed E-state index contributed by atoms with van der Waals surface area (Å²) >= 11 is 0. The Kier molecular flexibility index (Phi) is 5.59. The van der Waals surface area contributed by atoms with Crippen LogP contribution in [0.4, 0.5) is 0 Å². The third-order valence-electron chi connectivity index (χ3n) is 3.93. The monoisotopic (exact) mass is 381 g/mol. The molecule has 0 bridgehead atoms. The standard InChI is InChI=1S/C20H19N3O5/c1-4-8-28-14-7-5-6-13(9-14)12-21-23-19(24)15-10-17(26-2)18(27-3)11-16(15)22-20(23)25/h4-7,9-12H,1,8H2,2-3H3,(H,22,25)/b21-12+. The number of H-pyrrole nitrogens is 1. The van der Waals surface area contributed by atoms with Crippen molar-refractivity contribution in [3.05, 3.63) is 75.5 Å². The Balaban J connectivity index is 2.04. The van der Waals surface area contributed by atoms with E-state index in [2.05, 4.69) is 16.7 Å². The van der Waals surface area contributed by atoms with Gasteiger partial charge >= 0.3 is 5.69 Å². The molecule has 0 spiro atoms. The maximum Gasteiger partial charge on any atom is 0.349 e. The normalized spacial score (nSPS) is 10.9. The van der Waals surface area contributed by atoms with Gasteiger partial charge in [0.05, 0.1) is 31.3 Å². The Morgan fingerprint density at radius 2 is 1.89 bits per heavy atom. The Morgan fingerprint density at radius 3 is 2.61 bits per heavy atom. The molecule has 8 nitrogen and oxygen atoms in total. The van der Waals surface area contributed by atoms with Crippen LogP contribution in [0.1, 0.15) is 5.56 Å². The van der Waals surface area contributed by atoms with Crippen molar-refractivity contribution in [1.29, 1.82) is 0 Å². The zero-order valence-corrected chi connectivity index (χ0v) is 15.5. The van der Waals surface area contributed by atoms with Gasteiger partial charge < -0.3 is 19.2 Å². The Morgan fingerprint density at radius 1 is 1.14 bits per heavy atom. The Labute approximate surface area is 160 Å². The van der Waals surface area contributed by atoms with Crippen LogP contribution in [-0.4, -0.2) is 36.7 Å². The van der Waals surface area contributed by atoms with Crippen LogP contribution in [0, 0.1) is 0 Å². The molecule has 0 amide bonds. The van der Waals surface area contributed by atoms with Crippen molar-refractivity contribution in [2.75, 3.05) is 20.8 Å². The largest absolute Gasteiger partial charge is 0.493 e. The summed E-state index contributed by atoms with van der Waals surface area (Å²) in [6.45, 7) is 3.97. The number of nitrogens with zero attached hydrogens (tertiary/aromatic N) is 2. The first-order valence-corrected chi connectivity index (χ1v) is 8.36. The molecule has 8 heteroatoms. The average molecular weight is 381 g/mol. The van der Waals surface area contributed by atoms with Crippen molar-refractivity contribution in [3.8, 4) is 17.2 Å². The third kappa shape index (κ3) is 3.80. The van der Waals surface area contributed by atoms with Gasteiger partial charge in [-0.15, -0.1) is 4.68 Å². The molecular weight excluding hydrogens is 362 g/mol. The number of ether oxygens (including phenoxy) is 3. The molecule has 0 saturated carbocycles. The third-order valence-corrected chi connectivity index (χ3v) is 3.93. The molecule has 0 fully saturated rings. The van der Waals surface area contributed by atoms with E-state index in [-0.39, 0.29) is 5.39 Å². The summed E-state index contributed by atoms with van der Waals surface area (Å²) in [5.41, 5.74) is -0.241.